The summed E-state index contributed by atoms with van der Waals surface area (Å²) < 4.78 is 0. The molecule has 2 aliphatic carbocycles. The largest absolute Gasteiger partial charge is 0.330 e. The van der Waals surface area contributed by atoms with Gasteiger partial charge in [0.05, 0.1) is 0 Å². The zero-order valence-corrected chi connectivity index (χ0v) is 9.26. The minimum atomic E-state index is 0.491. The molecule has 1 aromatic rings. The zero-order valence-electron chi connectivity index (χ0n) is 9.26. The van der Waals surface area contributed by atoms with Crippen LogP contribution < -0.4 is 5.73 Å². The summed E-state index contributed by atoms with van der Waals surface area (Å²) in [4.78, 5) is 0. The molecular weight excluding hydrogens is 182 g/mol. The van der Waals surface area contributed by atoms with Gasteiger partial charge >= 0.3 is 0 Å². The van der Waals surface area contributed by atoms with Gasteiger partial charge in [0.15, 0.2) is 0 Å². The molecule has 0 amide bonds. The molecule has 1 aromatic carbocycles. The molecule has 2 N–H and O–H groups in total. The predicted octanol–water partition coefficient (Wildman–Crippen LogP) is 2.56. The Labute approximate surface area is 91.7 Å². The van der Waals surface area contributed by atoms with Crippen molar-refractivity contribution in [1.29, 1.82) is 0 Å². The Balaban J connectivity index is 2.02. The molecule has 0 atom stereocenters. The van der Waals surface area contributed by atoms with Crippen molar-refractivity contribution in [2.45, 2.75) is 43.9 Å². The Kier molecular flexibility index (Phi) is 2.10. The first-order chi connectivity index (χ1) is 7.36. The highest BCUT2D eigenvalue weighted by Crippen LogP contribution is 2.52. The van der Waals surface area contributed by atoms with Gasteiger partial charge in [-0.3, -0.25) is 0 Å². The average Bonchev–Trinajstić information content (AvgIpc) is 2.88. The first-order valence-corrected chi connectivity index (χ1v) is 6.17. The minimum absolute atomic E-state index is 0.491. The summed E-state index contributed by atoms with van der Waals surface area (Å²) in [6.45, 7) is 0.837. The van der Waals surface area contributed by atoms with Crippen molar-refractivity contribution in [3.63, 3.8) is 0 Å². The Morgan fingerprint density at radius 2 is 2.07 bits per heavy atom. The van der Waals surface area contributed by atoms with Crippen molar-refractivity contribution in [1.82, 2.24) is 0 Å². The van der Waals surface area contributed by atoms with Crippen LogP contribution in [0.25, 0.3) is 0 Å². The van der Waals surface area contributed by atoms with Gasteiger partial charge in [0, 0.05) is 0 Å². The van der Waals surface area contributed by atoms with Crippen LogP contribution in [-0.4, -0.2) is 6.54 Å². The number of aryl methyl sites for hydroxylation is 1. The smallest absolute Gasteiger partial charge is 0.00315 e. The van der Waals surface area contributed by atoms with Crippen LogP contribution in [0.3, 0.4) is 0 Å². The van der Waals surface area contributed by atoms with Gasteiger partial charge in [0.2, 0.25) is 0 Å². The second-order valence-corrected chi connectivity index (χ2v) is 5.12. The van der Waals surface area contributed by atoms with E-state index < -0.39 is 0 Å². The van der Waals surface area contributed by atoms with Crippen LogP contribution >= 0.6 is 0 Å². The monoisotopic (exact) mass is 201 g/mol. The summed E-state index contributed by atoms with van der Waals surface area (Å²) in [5.74, 6) is 0. The fourth-order valence-corrected chi connectivity index (χ4v) is 3.20. The van der Waals surface area contributed by atoms with Gasteiger partial charge in [0.1, 0.15) is 0 Å². The molecule has 1 fully saturated rings. The summed E-state index contributed by atoms with van der Waals surface area (Å²) in [6.07, 6.45) is 7.86. The van der Waals surface area contributed by atoms with Crippen LogP contribution in [0.15, 0.2) is 18.2 Å². The maximum Gasteiger partial charge on any atom is -0.00315 e. The van der Waals surface area contributed by atoms with Gasteiger partial charge in [-0.2, -0.15) is 0 Å². The lowest BCUT2D eigenvalue weighted by molar-refractivity contribution is 0.623. The Bertz CT molecular complexity index is 377. The fraction of sp³-hybridized carbons (Fsp3) is 0.571. The van der Waals surface area contributed by atoms with E-state index in [1.54, 1.807) is 16.7 Å². The molecule has 0 heterocycles. The van der Waals surface area contributed by atoms with Gasteiger partial charge in [0.25, 0.3) is 0 Å². The summed E-state index contributed by atoms with van der Waals surface area (Å²) in [5.41, 5.74) is 11.1. The van der Waals surface area contributed by atoms with Crippen LogP contribution in [0.4, 0.5) is 0 Å². The van der Waals surface area contributed by atoms with E-state index in [1.165, 1.54) is 38.5 Å². The third kappa shape index (κ3) is 1.41. The molecule has 1 saturated carbocycles. The molecule has 3 rings (SSSR count). The molecule has 0 radical (unpaired) electrons. The molecule has 2 aliphatic rings. The SMILES string of the molecule is NCCC1(c2cccc3c2CCC3)CC1. The fourth-order valence-electron chi connectivity index (χ4n) is 3.20. The molecule has 0 aromatic heterocycles. The normalized spacial score (nSPS) is 21.4. The molecule has 15 heavy (non-hydrogen) atoms. The van der Waals surface area contributed by atoms with E-state index in [2.05, 4.69) is 18.2 Å². The maximum atomic E-state index is 5.74. The van der Waals surface area contributed by atoms with E-state index in [0.717, 1.165) is 6.54 Å². The highest BCUT2D eigenvalue weighted by atomic mass is 14.6. The van der Waals surface area contributed by atoms with E-state index in [-0.39, 0.29) is 0 Å². The first-order valence-electron chi connectivity index (χ1n) is 6.17. The number of benzene rings is 1. The molecule has 1 nitrogen and oxygen atoms in total. The Morgan fingerprint density at radius 1 is 1.20 bits per heavy atom. The van der Waals surface area contributed by atoms with Gasteiger partial charge in [-0.25, -0.2) is 0 Å². The summed E-state index contributed by atoms with van der Waals surface area (Å²) >= 11 is 0. The van der Waals surface area contributed by atoms with Gasteiger partial charge in [-0.15, -0.1) is 0 Å². The minimum Gasteiger partial charge on any atom is -0.330 e. The third-order valence-electron chi connectivity index (χ3n) is 4.19. The van der Waals surface area contributed by atoms with Crippen LogP contribution in [0, 0.1) is 0 Å². The van der Waals surface area contributed by atoms with Gasteiger partial charge in [-0.05, 0) is 67.2 Å². The molecule has 0 bridgehead atoms. The number of hydrogen-bond donors (Lipinski definition) is 1. The van der Waals surface area contributed by atoms with Crippen LogP contribution in [0.1, 0.15) is 42.4 Å². The van der Waals surface area contributed by atoms with E-state index in [9.17, 15) is 0 Å². The van der Waals surface area contributed by atoms with Crippen molar-refractivity contribution in [3.8, 4) is 0 Å². The quantitative estimate of drug-likeness (QED) is 0.799. The van der Waals surface area contributed by atoms with Crippen molar-refractivity contribution in [2.24, 2.45) is 5.73 Å². The lowest BCUT2D eigenvalue weighted by Gasteiger charge is -2.18. The maximum absolute atomic E-state index is 5.74. The van der Waals surface area contributed by atoms with E-state index in [1.807, 2.05) is 0 Å². The van der Waals surface area contributed by atoms with Crippen molar-refractivity contribution in [2.75, 3.05) is 6.54 Å². The second kappa shape index (κ2) is 3.34. The van der Waals surface area contributed by atoms with Crippen molar-refractivity contribution < 1.29 is 0 Å². The lowest BCUT2D eigenvalue weighted by Crippen LogP contribution is -2.15. The van der Waals surface area contributed by atoms with Crippen molar-refractivity contribution in [3.05, 3.63) is 34.9 Å². The van der Waals surface area contributed by atoms with E-state index >= 15 is 0 Å². The summed E-state index contributed by atoms with van der Waals surface area (Å²) in [7, 11) is 0. The van der Waals surface area contributed by atoms with Gasteiger partial charge < -0.3 is 5.73 Å². The Hall–Kier alpha value is -0.820. The standard InChI is InChI=1S/C14H19N/c15-10-9-14(7-8-14)13-6-2-4-11-3-1-5-12(11)13/h2,4,6H,1,3,5,7-10,15H2. The molecule has 0 saturated heterocycles. The van der Waals surface area contributed by atoms with Crippen LogP contribution in [0.2, 0.25) is 0 Å². The lowest BCUT2D eigenvalue weighted by atomic mass is 9.87. The topological polar surface area (TPSA) is 26.0 Å². The highest BCUT2D eigenvalue weighted by Gasteiger charge is 2.44. The number of nitrogens with two attached hydrogens (primary N) is 1. The van der Waals surface area contributed by atoms with Crippen LogP contribution in [-0.2, 0) is 18.3 Å². The summed E-state index contributed by atoms with van der Waals surface area (Å²) in [5, 5.41) is 0. The molecular formula is C14H19N. The molecule has 1 heteroatoms. The number of rotatable bonds is 3. The first kappa shape index (κ1) is 9.41. The van der Waals surface area contributed by atoms with Crippen LogP contribution in [0.5, 0.6) is 0 Å². The molecule has 80 valence electrons. The molecule has 0 aliphatic heterocycles. The predicted molar refractivity (Wildman–Crippen MR) is 63.1 cm³/mol. The number of fused-ring (bicyclic) bond motifs is 1. The van der Waals surface area contributed by atoms with Gasteiger partial charge in [-0.1, -0.05) is 18.2 Å². The third-order valence-corrected chi connectivity index (χ3v) is 4.19. The van der Waals surface area contributed by atoms with E-state index in [4.69, 9.17) is 5.73 Å². The molecule has 0 spiro atoms. The summed E-state index contributed by atoms with van der Waals surface area (Å²) in [6, 6.07) is 6.91. The van der Waals surface area contributed by atoms with E-state index in [0.29, 0.717) is 5.41 Å². The second-order valence-electron chi connectivity index (χ2n) is 5.12. The van der Waals surface area contributed by atoms with Crippen molar-refractivity contribution >= 4 is 0 Å². The highest BCUT2D eigenvalue weighted by molar-refractivity contribution is 5.45. The average molecular weight is 201 g/mol. The number of hydrogen-bond acceptors (Lipinski definition) is 1. The zero-order chi connectivity index (χ0) is 10.3. The molecule has 0 unspecified atom stereocenters. The Morgan fingerprint density at radius 3 is 2.80 bits per heavy atom.